The number of ether oxygens (including phenoxy) is 2. The van der Waals surface area contributed by atoms with E-state index in [0.29, 0.717) is 19.5 Å². The standard InChI is InChI=1S/C9H18N2O7S/c10-2-1-3-11-8(12)17-4-6-19(15,16)7-5-18-9(13)14/h1-7,10H2,(H,11,12)(H,13,14). The lowest BCUT2D eigenvalue weighted by Gasteiger charge is -2.07. The highest BCUT2D eigenvalue weighted by atomic mass is 32.2. The smallest absolute Gasteiger partial charge is 0.450 e. The van der Waals surface area contributed by atoms with Gasteiger partial charge in [0.2, 0.25) is 0 Å². The molecule has 0 aromatic rings. The van der Waals surface area contributed by atoms with Crippen LogP contribution in [0.3, 0.4) is 0 Å². The minimum Gasteiger partial charge on any atom is -0.450 e. The summed E-state index contributed by atoms with van der Waals surface area (Å²) in [5.74, 6) is -0.836. The summed E-state index contributed by atoms with van der Waals surface area (Å²) in [6.07, 6.45) is -1.66. The van der Waals surface area contributed by atoms with Crippen LogP contribution in [0, 0.1) is 0 Å². The Morgan fingerprint density at radius 3 is 2.26 bits per heavy atom. The van der Waals surface area contributed by atoms with Crippen molar-refractivity contribution in [2.45, 2.75) is 6.42 Å². The number of amides is 1. The van der Waals surface area contributed by atoms with Crippen molar-refractivity contribution in [3.8, 4) is 0 Å². The molecule has 0 saturated carbocycles. The van der Waals surface area contributed by atoms with Crippen LogP contribution in [0.25, 0.3) is 0 Å². The van der Waals surface area contributed by atoms with Crippen LogP contribution in [-0.4, -0.2) is 63.6 Å². The second kappa shape index (κ2) is 9.39. The third-order valence-electron chi connectivity index (χ3n) is 1.90. The van der Waals surface area contributed by atoms with Crippen LogP contribution >= 0.6 is 0 Å². The van der Waals surface area contributed by atoms with Gasteiger partial charge in [-0.05, 0) is 13.0 Å². The summed E-state index contributed by atoms with van der Waals surface area (Å²) in [6.45, 7) is 0.0387. The first kappa shape index (κ1) is 17.4. The molecule has 4 N–H and O–H groups in total. The molecule has 0 aromatic heterocycles. The predicted octanol–water partition coefficient (Wildman–Crippen LogP) is -0.829. The first-order valence-corrected chi connectivity index (χ1v) is 7.36. The van der Waals surface area contributed by atoms with Gasteiger partial charge in [-0.15, -0.1) is 0 Å². The monoisotopic (exact) mass is 298 g/mol. The fourth-order valence-corrected chi connectivity index (χ4v) is 1.84. The van der Waals surface area contributed by atoms with E-state index < -0.39 is 34.4 Å². The molecule has 0 spiro atoms. The zero-order chi connectivity index (χ0) is 14.7. The van der Waals surface area contributed by atoms with Gasteiger partial charge in [0, 0.05) is 6.54 Å². The van der Waals surface area contributed by atoms with Crippen molar-refractivity contribution in [1.82, 2.24) is 5.32 Å². The lowest BCUT2D eigenvalue weighted by Crippen LogP contribution is -2.29. The van der Waals surface area contributed by atoms with Crippen molar-refractivity contribution in [2.75, 3.05) is 37.8 Å². The fourth-order valence-electron chi connectivity index (χ4n) is 0.963. The lowest BCUT2D eigenvalue weighted by molar-refractivity contribution is 0.0972. The van der Waals surface area contributed by atoms with Gasteiger partial charge in [-0.25, -0.2) is 18.0 Å². The molecule has 112 valence electrons. The van der Waals surface area contributed by atoms with Gasteiger partial charge in [-0.3, -0.25) is 0 Å². The van der Waals surface area contributed by atoms with Gasteiger partial charge < -0.3 is 25.6 Å². The Labute approximate surface area is 111 Å². The lowest BCUT2D eigenvalue weighted by atomic mass is 10.4. The molecule has 9 nitrogen and oxygen atoms in total. The zero-order valence-corrected chi connectivity index (χ0v) is 11.1. The number of alkyl carbamates (subject to hydrolysis) is 1. The number of carboxylic acid groups (broad SMARTS) is 1. The molecule has 19 heavy (non-hydrogen) atoms. The summed E-state index contributed by atoms with van der Waals surface area (Å²) < 4.78 is 31.4. The second-order valence-corrected chi connectivity index (χ2v) is 5.77. The van der Waals surface area contributed by atoms with E-state index in [1.54, 1.807) is 0 Å². The highest BCUT2D eigenvalue weighted by Crippen LogP contribution is 1.93. The molecule has 0 saturated heterocycles. The maximum atomic E-state index is 11.4. The van der Waals surface area contributed by atoms with Crippen molar-refractivity contribution in [2.24, 2.45) is 5.73 Å². The Balaban J connectivity index is 3.73. The fraction of sp³-hybridized carbons (Fsp3) is 0.778. The van der Waals surface area contributed by atoms with Crippen LogP contribution in [-0.2, 0) is 19.3 Å². The molecule has 0 aliphatic carbocycles. The average molecular weight is 298 g/mol. The predicted molar refractivity (Wildman–Crippen MR) is 65.7 cm³/mol. The van der Waals surface area contributed by atoms with E-state index in [0.717, 1.165) is 0 Å². The number of rotatable bonds is 9. The minimum absolute atomic E-state index is 0.302. The summed E-state index contributed by atoms with van der Waals surface area (Å²) in [6, 6.07) is 0. The molecule has 0 unspecified atom stereocenters. The molecule has 0 fully saturated rings. The number of carbonyl (C=O) groups excluding carboxylic acids is 1. The third-order valence-corrected chi connectivity index (χ3v) is 3.47. The summed E-state index contributed by atoms with van der Waals surface area (Å²) >= 11 is 0. The van der Waals surface area contributed by atoms with Gasteiger partial charge in [0.25, 0.3) is 0 Å². The van der Waals surface area contributed by atoms with Gasteiger partial charge in [0.1, 0.15) is 13.2 Å². The Bertz CT molecular complexity index is 382. The summed E-state index contributed by atoms with van der Waals surface area (Å²) in [5.41, 5.74) is 5.21. The number of sulfone groups is 1. The van der Waals surface area contributed by atoms with Crippen LogP contribution in [0.1, 0.15) is 6.42 Å². The minimum atomic E-state index is -3.51. The van der Waals surface area contributed by atoms with Crippen molar-refractivity contribution in [1.29, 1.82) is 0 Å². The van der Waals surface area contributed by atoms with Crippen LogP contribution in [0.2, 0.25) is 0 Å². The Hall–Kier alpha value is -1.55. The molecule has 1 amide bonds. The molecule has 0 heterocycles. The summed E-state index contributed by atoms with van der Waals surface area (Å²) in [5, 5.41) is 10.5. The number of nitrogens with two attached hydrogens (primary N) is 1. The maximum absolute atomic E-state index is 11.4. The average Bonchev–Trinajstić information content (AvgIpc) is 2.28. The Morgan fingerprint density at radius 2 is 1.74 bits per heavy atom. The quantitative estimate of drug-likeness (QED) is 0.369. The van der Waals surface area contributed by atoms with Gasteiger partial charge in [-0.1, -0.05) is 0 Å². The highest BCUT2D eigenvalue weighted by Gasteiger charge is 2.13. The van der Waals surface area contributed by atoms with Gasteiger partial charge in [0.05, 0.1) is 11.5 Å². The summed E-state index contributed by atoms with van der Waals surface area (Å²) in [7, 11) is -3.51. The molecule has 0 radical (unpaired) electrons. The molecule has 0 aromatic carbocycles. The van der Waals surface area contributed by atoms with Gasteiger partial charge >= 0.3 is 12.2 Å². The van der Waals surface area contributed by atoms with Crippen molar-refractivity contribution in [3.05, 3.63) is 0 Å². The van der Waals surface area contributed by atoms with Crippen molar-refractivity contribution in [3.63, 3.8) is 0 Å². The normalized spacial score (nSPS) is 10.8. The van der Waals surface area contributed by atoms with E-state index in [9.17, 15) is 18.0 Å². The van der Waals surface area contributed by atoms with E-state index in [-0.39, 0.29) is 12.4 Å². The second-order valence-electron chi connectivity index (χ2n) is 3.47. The molecular formula is C9H18N2O7S. The first-order chi connectivity index (χ1) is 8.87. The number of carbonyl (C=O) groups is 2. The number of hydrogen-bond donors (Lipinski definition) is 3. The van der Waals surface area contributed by atoms with Gasteiger partial charge in [-0.2, -0.15) is 0 Å². The van der Waals surface area contributed by atoms with E-state index in [4.69, 9.17) is 10.8 Å². The molecule has 0 rings (SSSR count). The molecule has 10 heteroatoms. The van der Waals surface area contributed by atoms with Crippen LogP contribution < -0.4 is 11.1 Å². The van der Waals surface area contributed by atoms with E-state index in [2.05, 4.69) is 14.8 Å². The number of nitrogens with one attached hydrogen (secondary N) is 1. The highest BCUT2D eigenvalue weighted by molar-refractivity contribution is 7.91. The molecule has 0 atom stereocenters. The summed E-state index contributed by atoms with van der Waals surface area (Å²) in [4.78, 5) is 21.0. The Kier molecular flexibility index (Phi) is 8.62. The maximum Gasteiger partial charge on any atom is 0.505 e. The largest absolute Gasteiger partial charge is 0.505 e. The van der Waals surface area contributed by atoms with Crippen molar-refractivity contribution >= 4 is 22.1 Å². The Morgan fingerprint density at radius 1 is 1.16 bits per heavy atom. The van der Waals surface area contributed by atoms with E-state index in [1.807, 2.05) is 0 Å². The van der Waals surface area contributed by atoms with E-state index >= 15 is 0 Å². The first-order valence-electron chi connectivity index (χ1n) is 5.54. The molecular weight excluding hydrogens is 280 g/mol. The number of hydrogen-bond acceptors (Lipinski definition) is 7. The van der Waals surface area contributed by atoms with Gasteiger partial charge in [0.15, 0.2) is 9.84 Å². The molecule has 0 aliphatic heterocycles. The topological polar surface area (TPSA) is 145 Å². The van der Waals surface area contributed by atoms with Crippen LogP contribution in [0.4, 0.5) is 9.59 Å². The molecule has 0 bridgehead atoms. The third kappa shape index (κ3) is 11.3. The SMILES string of the molecule is NCCCNC(=O)OCCS(=O)(=O)CCOC(=O)O. The van der Waals surface area contributed by atoms with Crippen molar-refractivity contribution < 1.29 is 32.6 Å². The molecule has 0 aliphatic rings. The van der Waals surface area contributed by atoms with Crippen LogP contribution in [0.15, 0.2) is 0 Å². The van der Waals surface area contributed by atoms with Crippen LogP contribution in [0.5, 0.6) is 0 Å². The van der Waals surface area contributed by atoms with E-state index in [1.165, 1.54) is 0 Å². The zero-order valence-electron chi connectivity index (χ0n) is 10.3.